The molecule has 7 heteroatoms. The molecular weight excluding hydrogens is 266 g/mol. The average Bonchev–Trinajstić information content (AvgIpc) is 2.82. The molecule has 2 rings (SSSR count). The van der Waals surface area contributed by atoms with E-state index in [9.17, 15) is 13.5 Å². The number of rotatable bonds is 4. The first-order valence-corrected chi connectivity index (χ1v) is 7.97. The highest BCUT2D eigenvalue weighted by molar-refractivity contribution is 7.89. The van der Waals surface area contributed by atoms with Crippen LogP contribution in [0, 0.1) is 19.8 Å². The fourth-order valence-electron chi connectivity index (χ4n) is 2.68. The van der Waals surface area contributed by atoms with Gasteiger partial charge in [0.15, 0.2) is 0 Å². The van der Waals surface area contributed by atoms with Gasteiger partial charge in [-0.2, -0.15) is 5.10 Å². The van der Waals surface area contributed by atoms with Crippen LogP contribution in [0.3, 0.4) is 0 Å². The first-order valence-electron chi connectivity index (χ1n) is 6.49. The van der Waals surface area contributed by atoms with Crippen molar-refractivity contribution in [1.29, 1.82) is 0 Å². The van der Waals surface area contributed by atoms with E-state index in [1.54, 1.807) is 25.6 Å². The van der Waals surface area contributed by atoms with Crippen molar-refractivity contribution < 1.29 is 13.5 Å². The van der Waals surface area contributed by atoms with Crippen LogP contribution in [0.4, 0.5) is 0 Å². The van der Waals surface area contributed by atoms with E-state index >= 15 is 0 Å². The fourth-order valence-corrected chi connectivity index (χ4v) is 4.23. The highest BCUT2D eigenvalue weighted by Crippen LogP contribution is 2.25. The lowest BCUT2D eigenvalue weighted by molar-refractivity contribution is 0.178. The highest BCUT2D eigenvalue weighted by Gasteiger charge is 2.27. The van der Waals surface area contributed by atoms with Crippen LogP contribution in [0.15, 0.2) is 4.90 Å². The van der Waals surface area contributed by atoms with Gasteiger partial charge in [-0.25, -0.2) is 13.1 Å². The molecule has 0 radical (unpaired) electrons. The SMILES string of the molecule is Cc1nn(C)c(C)c1S(=O)(=O)NCC1CCC(O)C1. The summed E-state index contributed by atoms with van der Waals surface area (Å²) in [6.45, 7) is 3.82. The summed E-state index contributed by atoms with van der Waals surface area (Å²) in [5.41, 5.74) is 1.15. The van der Waals surface area contributed by atoms with Gasteiger partial charge in [-0.05, 0) is 39.0 Å². The predicted octanol–water partition coefficient (Wildman–Crippen LogP) is 0.476. The van der Waals surface area contributed by atoms with Gasteiger partial charge in [0.05, 0.1) is 17.5 Å². The number of aromatic nitrogens is 2. The quantitative estimate of drug-likeness (QED) is 0.843. The van der Waals surface area contributed by atoms with E-state index in [1.807, 2.05) is 0 Å². The van der Waals surface area contributed by atoms with Gasteiger partial charge in [0.2, 0.25) is 10.0 Å². The summed E-state index contributed by atoms with van der Waals surface area (Å²) in [7, 11) is -1.79. The number of hydrogen-bond acceptors (Lipinski definition) is 4. The molecule has 2 unspecified atom stereocenters. The van der Waals surface area contributed by atoms with Crippen molar-refractivity contribution in [1.82, 2.24) is 14.5 Å². The first-order chi connectivity index (χ1) is 8.81. The molecule has 1 saturated carbocycles. The molecule has 2 N–H and O–H groups in total. The van der Waals surface area contributed by atoms with Crippen molar-refractivity contribution in [3.05, 3.63) is 11.4 Å². The zero-order chi connectivity index (χ0) is 14.2. The third-order valence-electron chi connectivity index (χ3n) is 3.79. The molecule has 2 atom stereocenters. The summed E-state index contributed by atoms with van der Waals surface area (Å²) in [5, 5.41) is 13.6. The van der Waals surface area contributed by atoms with Crippen molar-refractivity contribution in [2.24, 2.45) is 13.0 Å². The van der Waals surface area contributed by atoms with E-state index in [2.05, 4.69) is 9.82 Å². The van der Waals surface area contributed by atoms with E-state index in [0.29, 0.717) is 24.4 Å². The molecular formula is C12H21N3O3S. The average molecular weight is 287 g/mol. The summed E-state index contributed by atoms with van der Waals surface area (Å²) >= 11 is 0. The van der Waals surface area contributed by atoms with Gasteiger partial charge >= 0.3 is 0 Å². The maximum absolute atomic E-state index is 12.3. The highest BCUT2D eigenvalue weighted by atomic mass is 32.2. The van der Waals surface area contributed by atoms with Crippen molar-refractivity contribution in [3.8, 4) is 0 Å². The molecule has 6 nitrogen and oxygen atoms in total. The Kier molecular flexibility index (Phi) is 3.98. The van der Waals surface area contributed by atoms with Gasteiger partial charge in [-0.15, -0.1) is 0 Å². The number of nitrogens with one attached hydrogen (secondary N) is 1. The maximum atomic E-state index is 12.3. The Balaban J connectivity index is 2.10. The zero-order valence-corrected chi connectivity index (χ0v) is 12.4. The predicted molar refractivity (Wildman–Crippen MR) is 71.2 cm³/mol. The molecule has 1 aromatic heterocycles. The van der Waals surface area contributed by atoms with Crippen molar-refractivity contribution in [3.63, 3.8) is 0 Å². The second-order valence-corrected chi connectivity index (χ2v) is 7.01. The number of hydrogen-bond donors (Lipinski definition) is 2. The molecule has 108 valence electrons. The van der Waals surface area contributed by atoms with E-state index in [0.717, 1.165) is 12.8 Å². The molecule has 0 amide bonds. The molecule has 0 aliphatic heterocycles. The van der Waals surface area contributed by atoms with Gasteiger partial charge in [0, 0.05) is 13.6 Å². The molecule has 1 fully saturated rings. The van der Waals surface area contributed by atoms with E-state index in [4.69, 9.17) is 0 Å². The second kappa shape index (κ2) is 5.22. The third-order valence-corrected chi connectivity index (χ3v) is 5.46. The first kappa shape index (κ1) is 14.5. The second-order valence-electron chi connectivity index (χ2n) is 5.31. The minimum atomic E-state index is -3.52. The summed E-state index contributed by atoms with van der Waals surface area (Å²) in [4.78, 5) is 0.272. The van der Waals surface area contributed by atoms with Gasteiger partial charge in [-0.3, -0.25) is 4.68 Å². The Labute approximate surface area is 113 Å². The molecule has 1 aliphatic rings. The van der Waals surface area contributed by atoms with Crippen LogP contribution >= 0.6 is 0 Å². The molecule has 0 bridgehead atoms. The molecule has 1 aliphatic carbocycles. The van der Waals surface area contributed by atoms with Crippen LogP contribution in [0.1, 0.15) is 30.7 Å². The number of sulfonamides is 1. The molecule has 0 saturated heterocycles. The van der Waals surface area contributed by atoms with Crippen LogP contribution in [-0.4, -0.2) is 36.0 Å². The summed E-state index contributed by atoms with van der Waals surface area (Å²) < 4.78 is 28.8. The topological polar surface area (TPSA) is 84.2 Å². The zero-order valence-electron chi connectivity index (χ0n) is 11.5. The number of aliphatic hydroxyl groups excluding tert-OH is 1. The van der Waals surface area contributed by atoms with Gasteiger partial charge < -0.3 is 5.11 Å². The number of nitrogens with zero attached hydrogens (tertiary/aromatic N) is 2. The maximum Gasteiger partial charge on any atom is 0.244 e. The Hall–Kier alpha value is -0.920. The smallest absolute Gasteiger partial charge is 0.244 e. The molecule has 19 heavy (non-hydrogen) atoms. The number of aliphatic hydroxyl groups is 1. The fraction of sp³-hybridized carbons (Fsp3) is 0.750. The van der Waals surface area contributed by atoms with Crippen LogP contribution in [0.2, 0.25) is 0 Å². The van der Waals surface area contributed by atoms with Crippen molar-refractivity contribution in [2.45, 2.75) is 44.1 Å². The summed E-state index contributed by atoms with van der Waals surface area (Å²) in [6.07, 6.45) is 2.02. The lowest BCUT2D eigenvalue weighted by Gasteiger charge is -2.11. The van der Waals surface area contributed by atoms with E-state index in [-0.39, 0.29) is 16.9 Å². The molecule has 0 spiro atoms. The Morgan fingerprint density at radius 3 is 2.58 bits per heavy atom. The normalized spacial score (nSPS) is 24.0. The van der Waals surface area contributed by atoms with Gasteiger partial charge in [-0.1, -0.05) is 0 Å². The minimum Gasteiger partial charge on any atom is -0.393 e. The lowest BCUT2D eigenvalue weighted by atomic mass is 10.1. The van der Waals surface area contributed by atoms with Gasteiger partial charge in [0.1, 0.15) is 4.90 Å². The Bertz CT molecular complexity index is 565. The van der Waals surface area contributed by atoms with Crippen LogP contribution in [0.5, 0.6) is 0 Å². The van der Waals surface area contributed by atoms with Crippen LogP contribution in [-0.2, 0) is 17.1 Å². The van der Waals surface area contributed by atoms with Crippen LogP contribution in [0.25, 0.3) is 0 Å². The molecule has 0 aromatic carbocycles. The van der Waals surface area contributed by atoms with Crippen molar-refractivity contribution >= 4 is 10.0 Å². The monoisotopic (exact) mass is 287 g/mol. The third kappa shape index (κ3) is 2.98. The van der Waals surface area contributed by atoms with Crippen LogP contribution < -0.4 is 4.72 Å². The van der Waals surface area contributed by atoms with E-state index in [1.165, 1.54) is 0 Å². The van der Waals surface area contributed by atoms with Gasteiger partial charge in [0.25, 0.3) is 0 Å². The summed E-state index contributed by atoms with van der Waals surface area (Å²) in [5.74, 6) is 0.224. The standard InChI is InChI=1S/C12H21N3O3S/c1-8-12(9(2)15(3)14-8)19(17,18)13-7-10-4-5-11(16)6-10/h10-11,13,16H,4-7H2,1-3H3. The number of aryl methyl sites for hydroxylation is 2. The van der Waals surface area contributed by atoms with E-state index < -0.39 is 10.0 Å². The lowest BCUT2D eigenvalue weighted by Crippen LogP contribution is -2.29. The molecule has 1 aromatic rings. The minimum absolute atomic E-state index is 0.224. The molecule has 1 heterocycles. The Morgan fingerprint density at radius 2 is 2.11 bits per heavy atom. The van der Waals surface area contributed by atoms with Crippen molar-refractivity contribution in [2.75, 3.05) is 6.54 Å². The summed E-state index contributed by atoms with van der Waals surface area (Å²) in [6, 6.07) is 0. The Morgan fingerprint density at radius 1 is 1.42 bits per heavy atom. The largest absolute Gasteiger partial charge is 0.393 e.